The normalized spacial score (nSPS) is 10.5. The van der Waals surface area contributed by atoms with Crippen LogP contribution in [0, 0.1) is 4.77 Å². The quantitative estimate of drug-likeness (QED) is 0.245. The zero-order valence-electron chi connectivity index (χ0n) is 5.37. The van der Waals surface area contributed by atoms with Gasteiger partial charge in [-0.15, -0.1) is 0 Å². The van der Waals surface area contributed by atoms with Crippen LogP contribution in [0.15, 0.2) is 16.0 Å². The average Bonchev–Trinajstić information content (AvgIpc) is 1.85. The lowest BCUT2D eigenvalue weighted by molar-refractivity contribution is 0.321. The Morgan fingerprint density at radius 3 is 2.91 bits per heavy atom. The molecular weight excluding hydrogens is 166 g/mol. The second kappa shape index (κ2) is 3.11. The molecule has 0 aromatic carbocycles. The smallest absolute Gasteiger partial charge is 0.252 e. The first kappa shape index (κ1) is 7.67. The molecule has 6 heteroatoms. The number of aromatic nitrogens is 2. The maximum Gasteiger partial charge on any atom is 0.252 e. The van der Waals surface area contributed by atoms with Gasteiger partial charge in [0, 0.05) is 6.07 Å². The van der Waals surface area contributed by atoms with Gasteiger partial charge in [-0.2, -0.15) is 0 Å². The third-order valence-electron chi connectivity index (χ3n) is 0.978. The van der Waals surface area contributed by atoms with Gasteiger partial charge in [0.05, 0.1) is 11.9 Å². The van der Waals surface area contributed by atoms with E-state index in [1.165, 1.54) is 6.07 Å². The van der Waals surface area contributed by atoms with Crippen LogP contribution in [0.2, 0.25) is 0 Å². The molecule has 0 aliphatic rings. The molecule has 0 unspecified atom stereocenters. The van der Waals surface area contributed by atoms with Crippen LogP contribution in [0.4, 0.5) is 0 Å². The molecule has 0 aliphatic carbocycles. The number of hydrogen-bond donors (Lipinski definition) is 3. The lowest BCUT2D eigenvalue weighted by atomic mass is 10.4. The molecule has 0 saturated heterocycles. The molecular formula is C5H5N3O2S. The average molecular weight is 171 g/mol. The first-order valence-electron chi connectivity index (χ1n) is 2.73. The van der Waals surface area contributed by atoms with E-state index in [9.17, 15) is 4.79 Å². The summed E-state index contributed by atoms with van der Waals surface area (Å²) in [6.45, 7) is 0. The van der Waals surface area contributed by atoms with Crippen molar-refractivity contribution in [3.05, 3.63) is 26.9 Å². The number of oxime groups is 1. The molecule has 1 aromatic rings. The topological polar surface area (TPSA) is 81.2 Å². The summed E-state index contributed by atoms with van der Waals surface area (Å²) in [7, 11) is 0. The maximum absolute atomic E-state index is 10.7. The molecule has 11 heavy (non-hydrogen) atoms. The summed E-state index contributed by atoms with van der Waals surface area (Å²) in [6.07, 6.45) is 1.09. The summed E-state index contributed by atoms with van der Waals surface area (Å²) in [4.78, 5) is 15.6. The Labute approximate surface area is 66.4 Å². The van der Waals surface area contributed by atoms with E-state index >= 15 is 0 Å². The third-order valence-corrected chi connectivity index (χ3v) is 1.18. The second-order valence-corrected chi connectivity index (χ2v) is 2.20. The van der Waals surface area contributed by atoms with Crippen LogP contribution < -0.4 is 5.56 Å². The van der Waals surface area contributed by atoms with Crippen molar-refractivity contribution in [2.75, 3.05) is 0 Å². The molecule has 1 rings (SSSR count). The van der Waals surface area contributed by atoms with E-state index in [0.29, 0.717) is 5.69 Å². The zero-order chi connectivity index (χ0) is 8.27. The highest BCUT2D eigenvalue weighted by atomic mass is 32.1. The first-order chi connectivity index (χ1) is 5.22. The minimum atomic E-state index is -0.330. The van der Waals surface area contributed by atoms with E-state index < -0.39 is 0 Å². The van der Waals surface area contributed by atoms with Crippen LogP contribution in [0.25, 0.3) is 0 Å². The van der Waals surface area contributed by atoms with E-state index in [2.05, 4.69) is 27.3 Å². The number of hydrogen-bond acceptors (Lipinski definition) is 4. The van der Waals surface area contributed by atoms with Crippen LogP contribution in [-0.2, 0) is 0 Å². The van der Waals surface area contributed by atoms with Gasteiger partial charge < -0.3 is 10.2 Å². The van der Waals surface area contributed by atoms with Crippen molar-refractivity contribution in [1.82, 2.24) is 9.97 Å². The molecule has 3 N–H and O–H groups in total. The third kappa shape index (κ3) is 2.01. The molecule has 5 nitrogen and oxygen atoms in total. The van der Waals surface area contributed by atoms with E-state index in [4.69, 9.17) is 5.21 Å². The first-order valence-corrected chi connectivity index (χ1v) is 3.14. The number of rotatable bonds is 1. The van der Waals surface area contributed by atoms with Gasteiger partial charge >= 0.3 is 0 Å². The summed E-state index contributed by atoms with van der Waals surface area (Å²) in [6, 6.07) is 1.23. The summed E-state index contributed by atoms with van der Waals surface area (Å²) in [5, 5.41) is 10.8. The SMILES string of the molecule is O=c1cc(/C=N/O)[nH]c(=S)[nH]1. The predicted molar refractivity (Wildman–Crippen MR) is 41.6 cm³/mol. The Balaban J connectivity index is 3.30. The number of nitrogens with one attached hydrogen (secondary N) is 2. The monoisotopic (exact) mass is 171 g/mol. The molecule has 0 radical (unpaired) electrons. The zero-order valence-corrected chi connectivity index (χ0v) is 6.18. The van der Waals surface area contributed by atoms with Crippen molar-refractivity contribution in [3.8, 4) is 0 Å². The number of nitrogens with zero attached hydrogens (tertiary/aromatic N) is 1. The Morgan fingerprint density at radius 1 is 1.64 bits per heavy atom. The predicted octanol–water partition coefficient (Wildman–Crippen LogP) is 0.241. The summed E-state index contributed by atoms with van der Waals surface area (Å²) in [5.74, 6) is 0. The molecule has 0 atom stereocenters. The van der Waals surface area contributed by atoms with Gasteiger partial charge in [0.2, 0.25) is 0 Å². The van der Waals surface area contributed by atoms with E-state index in [1.807, 2.05) is 0 Å². The molecule has 1 heterocycles. The van der Waals surface area contributed by atoms with Gasteiger partial charge in [-0.25, -0.2) is 0 Å². The minimum Gasteiger partial charge on any atom is -0.411 e. The molecule has 58 valence electrons. The lowest BCUT2D eigenvalue weighted by Gasteiger charge is -1.89. The van der Waals surface area contributed by atoms with Crippen molar-refractivity contribution in [2.45, 2.75) is 0 Å². The van der Waals surface area contributed by atoms with Crippen molar-refractivity contribution in [2.24, 2.45) is 5.16 Å². The summed E-state index contributed by atoms with van der Waals surface area (Å²) in [5.41, 5.74) is 0.0323. The molecule has 0 spiro atoms. The van der Waals surface area contributed by atoms with Crippen molar-refractivity contribution in [3.63, 3.8) is 0 Å². The Morgan fingerprint density at radius 2 is 2.36 bits per heavy atom. The van der Waals surface area contributed by atoms with Crippen LogP contribution >= 0.6 is 12.2 Å². The van der Waals surface area contributed by atoms with Crippen LogP contribution in [0.5, 0.6) is 0 Å². The van der Waals surface area contributed by atoms with Crippen LogP contribution in [0.3, 0.4) is 0 Å². The maximum atomic E-state index is 10.7. The molecule has 0 aliphatic heterocycles. The van der Waals surface area contributed by atoms with E-state index in [1.54, 1.807) is 0 Å². The fraction of sp³-hybridized carbons (Fsp3) is 0. The minimum absolute atomic E-state index is 0.201. The van der Waals surface area contributed by atoms with Gasteiger partial charge in [-0.1, -0.05) is 5.16 Å². The van der Waals surface area contributed by atoms with Gasteiger partial charge in [-0.3, -0.25) is 9.78 Å². The lowest BCUT2D eigenvalue weighted by Crippen LogP contribution is -2.07. The fourth-order valence-electron chi connectivity index (χ4n) is 0.619. The van der Waals surface area contributed by atoms with Gasteiger partial charge in [-0.05, 0) is 12.2 Å². The molecule has 0 fully saturated rings. The summed E-state index contributed by atoms with van der Waals surface area (Å²) < 4.78 is 0.201. The van der Waals surface area contributed by atoms with Gasteiger partial charge in [0.15, 0.2) is 4.77 Å². The number of aromatic amines is 2. The van der Waals surface area contributed by atoms with Crippen LogP contribution in [-0.4, -0.2) is 21.4 Å². The molecule has 0 bridgehead atoms. The molecule has 0 saturated carbocycles. The van der Waals surface area contributed by atoms with Crippen LogP contribution in [0.1, 0.15) is 5.69 Å². The summed E-state index contributed by atoms with van der Waals surface area (Å²) >= 11 is 4.65. The standard InChI is InChI=1S/C5H5N3O2S/c9-4-1-3(2-6-10)7-5(11)8-4/h1-2,10H,(H2,7,8,9,11)/b6-2+. The van der Waals surface area contributed by atoms with E-state index in [-0.39, 0.29) is 10.3 Å². The van der Waals surface area contributed by atoms with Gasteiger partial charge in [0.25, 0.3) is 5.56 Å². The van der Waals surface area contributed by atoms with E-state index in [0.717, 1.165) is 6.21 Å². The highest BCUT2D eigenvalue weighted by Gasteiger charge is 1.89. The highest BCUT2D eigenvalue weighted by Crippen LogP contribution is 1.82. The van der Waals surface area contributed by atoms with Crippen molar-refractivity contribution in [1.29, 1.82) is 0 Å². The largest absolute Gasteiger partial charge is 0.411 e. The fourth-order valence-corrected chi connectivity index (χ4v) is 0.838. The molecule has 1 aromatic heterocycles. The van der Waals surface area contributed by atoms with Crippen molar-refractivity contribution < 1.29 is 5.21 Å². The molecule has 0 amide bonds. The van der Waals surface area contributed by atoms with Gasteiger partial charge in [0.1, 0.15) is 0 Å². The van der Waals surface area contributed by atoms with Crippen molar-refractivity contribution >= 4 is 18.4 Å². The Kier molecular flexibility index (Phi) is 2.17. The highest BCUT2D eigenvalue weighted by molar-refractivity contribution is 7.71. The Hall–Kier alpha value is -1.43. The number of H-pyrrole nitrogens is 2. The second-order valence-electron chi connectivity index (χ2n) is 1.79. The Bertz CT molecular complexity index is 350.